The van der Waals surface area contributed by atoms with Gasteiger partial charge in [-0.15, -0.1) is 0 Å². The summed E-state index contributed by atoms with van der Waals surface area (Å²) in [5.74, 6) is 1.16. The number of benzene rings is 4. The van der Waals surface area contributed by atoms with Gasteiger partial charge in [0.25, 0.3) is 0 Å². The van der Waals surface area contributed by atoms with Crippen molar-refractivity contribution in [3.8, 4) is 22.3 Å². The molecule has 0 bridgehead atoms. The van der Waals surface area contributed by atoms with Crippen LogP contribution in [-0.4, -0.2) is 0 Å². The summed E-state index contributed by atoms with van der Waals surface area (Å²) in [5, 5.41) is 0. The molecule has 0 saturated heterocycles. The second-order valence-corrected chi connectivity index (χ2v) is 15.0. The van der Waals surface area contributed by atoms with Gasteiger partial charge in [-0.1, -0.05) is 0 Å². The Balaban J connectivity index is 1.45. The van der Waals surface area contributed by atoms with Gasteiger partial charge in [-0.05, 0) is 0 Å². The molecule has 174 valence electrons. The molecule has 4 aromatic carbocycles. The van der Waals surface area contributed by atoms with Crippen LogP contribution >= 0.6 is 0 Å². The Kier molecular flexibility index (Phi) is 6.63. The molecule has 1 heteroatoms. The third kappa shape index (κ3) is 4.01. The first-order valence-electron chi connectivity index (χ1n) is 13.5. The number of hydrogen-bond donors (Lipinski definition) is 0. The molecule has 4 aromatic rings. The first-order chi connectivity index (χ1) is 17.3. The van der Waals surface area contributed by atoms with Crippen molar-refractivity contribution in [2.75, 3.05) is 0 Å². The zero-order chi connectivity index (χ0) is 23.8. The summed E-state index contributed by atoms with van der Waals surface area (Å²) in [6.07, 6.45) is 7.69. The standard InChI is InChI=1S/2C17H17.Hf/c2*1-2-3-8-13-14-9-4-6-11-16(14)17-12-7-5-10-15(13)17;/h2*4-7,9,11-13H,2-3,8H2,1H3;. The number of unbranched alkanes of at least 4 members (excludes halogenated alkanes) is 2. The van der Waals surface area contributed by atoms with Crippen molar-refractivity contribution in [1.29, 1.82) is 0 Å². The average Bonchev–Trinajstić information content (AvgIpc) is 3.40. The van der Waals surface area contributed by atoms with Crippen molar-refractivity contribution >= 4 is 6.64 Å². The maximum absolute atomic E-state index is 2.50. The molecule has 2 unspecified atom stereocenters. The normalized spacial score (nSPS) is 17.0. The van der Waals surface area contributed by atoms with Crippen LogP contribution in [0.5, 0.6) is 0 Å². The van der Waals surface area contributed by atoms with E-state index in [1.807, 2.05) is 0 Å². The fourth-order valence-electron chi connectivity index (χ4n) is 6.53. The maximum atomic E-state index is 2.50. The van der Waals surface area contributed by atoms with Crippen LogP contribution in [0.3, 0.4) is 0 Å². The van der Waals surface area contributed by atoms with Gasteiger partial charge in [-0.25, -0.2) is 0 Å². The van der Waals surface area contributed by atoms with E-state index in [2.05, 4.69) is 98.8 Å². The molecule has 35 heavy (non-hydrogen) atoms. The molecule has 2 aliphatic rings. The predicted molar refractivity (Wildman–Crippen MR) is 146 cm³/mol. The van der Waals surface area contributed by atoms with Crippen molar-refractivity contribution < 1.29 is 22.9 Å². The van der Waals surface area contributed by atoms with E-state index in [4.69, 9.17) is 0 Å². The van der Waals surface area contributed by atoms with Crippen LogP contribution in [-0.2, 0) is 22.9 Å². The molecule has 6 rings (SSSR count). The van der Waals surface area contributed by atoms with Gasteiger partial charge in [0.1, 0.15) is 0 Å². The van der Waals surface area contributed by atoms with Gasteiger partial charge in [0.15, 0.2) is 0 Å². The topological polar surface area (TPSA) is 0 Å². The molecule has 0 nitrogen and oxygen atoms in total. The number of hydrogen-bond acceptors (Lipinski definition) is 0. The molecule has 0 radical (unpaired) electrons. The molecular weight excluding hydrogens is 587 g/mol. The molecule has 0 amide bonds. The quantitative estimate of drug-likeness (QED) is 0.174. The van der Waals surface area contributed by atoms with Crippen LogP contribution in [0.2, 0.25) is 0 Å². The zero-order valence-electron chi connectivity index (χ0n) is 21.0. The van der Waals surface area contributed by atoms with E-state index in [1.54, 1.807) is 28.9 Å². The third-order valence-corrected chi connectivity index (χ3v) is 13.2. The number of rotatable bonds is 8. The van der Waals surface area contributed by atoms with Crippen LogP contribution in [0.15, 0.2) is 84.9 Å². The van der Waals surface area contributed by atoms with Gasteiger partial charge >= 0.3 is 223 Å². The van der Waals surface area contributed by atoms with Crippen molar-refractivity contribution in [1.82, 2.24) is 0 Å². The van der Waals surface area contributed by atoms with E-state index in [-0.39, 0.29) is 0 Å². The average molecular weight is 621 g/mol. The Morgan fingerprint density at radius 2 is 0.943 bits per heavy atom. The summed E-state index contributed by atoms with van der Waals surface area (Å²) in [6.45, 7) is 4.65. The van der Waals surface area contributed by atoms with Crippen molar-refractivity contribution in [3.63, 3.8) is 0 Å². The van der Waals surface area contributed by atoms with Gasteiger partial charge in [0.05, 0.1) is 0 Å². The third-order valence-electron chi connectivity index (χ3n) is 8.12. The Labute approximate surface area is 222 Å². The number of fused-ring (bicyclic) bond motifs is 6. The SMILES string of the molecule is CCCCC1c2ccccc2-c2ccc[c]([Hf][c]3cccc4c3C(CCCC)c3ccccc3-4)c21. The molecule has 0 fully saturated rings. The summed E-state index contributed by atoms with van der Waals surface area (Å²) in [6, 6.07) is 32.9. The van der Waals surface area contributed by atoms with E-state index < -0.39 is 22.9 Å². The van der Waals surface area contributed by atoms with Crippen molar-refractivity contribution in [2.45, 2.75) is 64.2 Å². The first-order valence-corrected chi connectivity index (χ1v) is 17.1. The molecule has 0 spiro atoms. The van der Waals surface area contributed by atoms with Crippen molar-refractivity contribution in [3.05, 3.63) is 107 Å². The van der Waals surface area contributed by atoms with Gasteiger partial charge in [0.2, 0.25) is 0 Å². The fraction of sp³-hybridized carbons (Fsp3) is 0.294. The molecule has 2 atom stereocenters. The van der Waals surface area contributed by atoms with Crippen molar-refractivity contribution in [2.24, 2.45) is 0 Å². The summed E-state index contributed by atoms with van der Waals surface area (Å²) in [7, 11) is 0. The molecule has 0 heterocycles. The summed E-state index contributed by atoms with van der Waals surface area (Å²) < 4.78 is 3.44. The van der Waals surface area contributed by atoms with Gasteiger partial charge < -0.3 is 0 Å². The van der Waals surface area contributed by atoms with E-state index in [0.717, 1.165) is 0 Å². The van der Waals surface area contributed by atoms with E-state index >= 15 is 0 Å². The van der Waals surface area contributed by atoms with Gasteiger partial charge in [0, 0.05) is 0 Å². The van der Waals surface area contributed by atoms with Gasteiger partial charge in [-0.3, -0.25) is 0 Å². The van der Waals surface area contributed by atoms with Crippen LogP contribution in [0.25, 0.3) is 22.3 Å². The summed E-state index contributed by atoms with van der Waals surface area (Å²) in [4.78, 5) is 0. The predicted octanol–water partition coefficient (Wildman–Crippen LogP) is 8.32. The van der Waals surface area contributed by atoms with Crippen LogP contribution in [0.4, 0.5) is 0 Å². The molecule has 0 aromatic heterocycles. The zero-order valence-corrected chi connectivity index (χ0v) is 24.6. The molecular formula is C34H34Hf. The molecule has 0 N–H and O–H groups in total. The molecule has 0 aliphatic heterocycles. The molecule has 0 saturated carbocycles. The monoisotopic (exact) mass is 622 g/mol. The van der Waals surface area contributed by atoms with Crippen LogP contribution in [0.1, 0.15) is 86.5 Å². The first kappa shape index (κ1) is 23.2. The van der Waals surface area contributed by atoms with E-state index in [9.17, 15) is 0 Å². The van der Waals surface area contributed by atoms with Crippen LogP contribution < -0.4 is 6.64 Å². The fourth-order valence-corrected chi connectivity index (χ4v) is 12.1. The summed E-state index contributed by atoms with van der Waals surface area (Å²) in [5.41, 5.74) is 12.5. The summed E-state index contributed by atoms with van der Waals surface area (Å²) >= 11 is -1.27. The minimum atomic E-state index is -1.27. The van der Waals surface area contributed by atoms with Crippen LogP contribution in [0, 0.1) is 0 Å². The Bertz CT molecular complexity index is 1260. The second-order valence-electron chi connectivity index (χ2n) is 10.2. The minimum absolute atomic E-state index is 0.578. The van der Waals surface area contributed by atoms with E-state index in [0.29, 0.717) is 11.8 Å². The Morgan fingerprint density at radius 1 is 0.514 bits per heavy atom. The molecule has 2 aliphatic carbocycles. The van der Waals surface area contributed by atoms with Gasteiger partial charge in [-0.2, -0.15) is 0 Å². The second kappa shape index (κ2) is 10.0. The van der Waals surface area contributed by atoms with E-state index in [1.165, 1.54) is 60.8 Å². The Hall–Kier alpha value is -2.25. The Morgan fingerprint density at radius 3 is 1.40 bits per heavy atom.